The Bertz CT molecular complexity index is 654. The topological polar surface area (TPSA) is 39.2 Å². The van der Waals surface area contributed by atoms with Crippen molar-refractivity contribution in [2.24, 2.45) is 0 Å². The molecular formula is C20H23NO2. The van der Waals surface area contributed by atoms with Crippen LogP contribution in [0.3, 0.4) is 0 Å². The number of hydrogen-bond donors (Lipinski definition) is 0. The zero-order chi connectivity index (χ0) is 16.9. The average Bonchev–Trinajstić information content (AvgIpc) is 2.63. The highest BCUT2D eigenvalue weighted by molar-refractivity contribution is 5.76. The third-order valence-electron chi connectivity index (χ3n) is 3.04. The van der Waals surface area contributed by atoms with Gasteiger partial charge in [-0.05, 0) is 36.5 Å². The molecule has 0 aliphatic heterocycles. The molecule has 0 unspecified atom stereocenters. The van der Waals surface area contributed by atoms with Crippen molar-refractivity contribution in [1.29, 1.82) is 0 Å². The van der Waals surface area contributed by atoms with Gasteiger partial charge in [-0.15, -0.1) is 0 Å². The van der Waals surface area contributed by atoms with Crippen LogP contribution in [0, 0.1) is 11.8 Å². The first kappa shape index (κ1) is 18.4. The van der Waals surface area contributed by atoms with Crippen LogP contribution in [-0.2, 0) is 6.42 Å². The normalized spacial score (nSPS) is 9.00. The van der Waals surface area contributed by atoms with Crippen LogP contribution in [0.2, 0.25) is 0 Å². The van der Waals surface area contributed by atoms with Crippen molar-refractivity contribution in [3.8, 4) is 17.6 Å². The van der Waals surface area contributed by atoms with Crippen molar-refractivity contribution in [2.75, 3.05) is 7.11 Å². The number of unbranched alkanes of at least 4 members (excludes halogenated alkanes) is 1. The van der Waals surface area contributed by atoms with Gasteiger partial charge < -0.3 is 4.74 Å². The molecule has 0 aliphatic rings. The largest absolute Gasteiger partial charge is 0.494 e. The number of hydrogen-bond acceptors (Lipinski definition) is 3. The number of nitrogens with zero attached hydrogens (tertiary/aromatic N) is 1. The first-order valence-electron chi connectivity index (χ1n) is 7.86. The van der Waals surface area contributed by atoms with E-state index in [9.17, 15) is 4.79 Å². The highest BCUT2D eigenvalue weighted by Crippen LogP contribution is 2.13. The molecule has 0 spiro atoms. The lowest BCUT2D eigenvalue weighted by Gasteiger charge is -2.01. The van der Waals surface area contributed by atoms with E-state index in [0.29, 0.717) is 17.7 Å². The van der Waals surface area contributed by atoms with Crippen LogP contribution in [0.15, 0.2) is 42.5 Å². The number of carbonyl (C=O) groups excluding carboxylic acids is 1. The number of aryl methyl sites for hydroxylation is 1. The second-order valence-electron chi connectivity index (χ2n) is 4.54. The number of aldehydes is 1. The summed E-state index contributed by atoms with van der Waals surface area (Å²) >= 11 is 0. The standard InChI is InChI=1S/C18H17NO2.C2H6/c1-21-18-13-12-16(19-17(18)14-20)11-7-3-6-10-15-8-4-2-5-9-15;1-2/h2,4-5,8-9,12-14H,3,6,10H2,1H3;1-2H3. The SMILES string of the molecule is CC.COc1ccc(C#CCCCc2ccccc2)nc1C=O. The van der Waals surface area contributed by atoms with Gasteiger partial charge in [-0.2, -0.15) is 0 Å². The minimum Gasteiger partial charge on any atom is -0.494 e. The molecule has 0 atom stereocenters. The van der Waals surface area contributed by atoms with Crippen LogP contribution >= 0.6 is 0 Å². The molecule has 1 heterocycles. The third kappa shape index (κ3) is 6.36. The molecule has 120 valence electrons. The van der Waals surface area contributed by atoms with E-state index in [2.05, 4.69) is 29.0 Å². The Kier molecular flexibility index (Phi) is 8.85. The lowest BCUT2D eigenvalue weighted by Crippen LogP contribution is -1.96. The number of rotatable bonds is 5. The van der Waals surface area contributed by atoms with Gasteiger partial charge in [0, 0.05) is 6.42 Å². The molecule has 0 fully saturated rings. The van der Waals surface area contributed by atoms with Crippen LogP contribution in [0.1, 0.15) is 48.4 Å². The number of pyridine rings is 1. The average molecular weight is 309 g/mol. The van der Waals surface area contributed by atoms with Crippen molar-refractivity contribution >= 4 is 6.29 Å². The Morgan fingerprint density at radius 2 is 1.87 bits per heavy atom. The third-order valence-corrected chi connectivity index (χ3v) is 3.04. The van der Waals surface area contributed by atoms with Crippen molar-refractivity contribution < 1.29 is 9.53 Å². The number of methoxy groups -OCH3 is 1. The second-order valence-corrected chi connectivity index (χ2v) is 4.54. The minimum absolute atomic E-state index is 0.286. The zero-order valence-electron chi connectivity index (χ0n) is 14.0. The van der Waals surface area contributed by atoms with E-state index in [4.69, 9.17) is 4.74 Å². The Morgan fingerprint density at radius 1 is 1.13 bits per heavy atom. The van der Waals surface area contributed by atoms with Crippen LogP contribution in [0.25, 0.3) is 0 Å². The molecule has 2 aromatic rings. The maximum absolute atomic E-state index is 10.9. The molecule has 3 heteroatoms. The maximum Gasteiger partial charge on any atom is 0.172 e. The van der Waals surface area contributed by atoms with Gasteiger partial charge in [0.15, 0.2) is 6.29 Å². The van der Waals surface area contributed by atoms with Crippen molar-refractivity contribution in [2.45, 2.75) is 33.1 Å². The molecule has 0 saturated carbocycles. The summed E-state index contributed by atoms with van der Waals surface area (Å²) in [5, 5.41) is 0. The van der Waals surface area contributed by atoms with Crippen LogP contribution < -0.4 is 4.74 Å². The number of carbonyl (C=O) groups is 1. The van der Waals surface area contributed by atoms with Gasteiger partial charge in [0.25, 0.3) is 0 Å². The van der Waals surface area contributed by atoms with Gasteiger partial charge in [-0.25, -0.2) is 4.98 Å². The lowest BCUT2D eigenvalue weighted by atomic mass is 10.1. The molecule has 1 aromatic heterocycles. The summed E-state index contributed by atoms with van der Waals surface area (Å²) in [5.74, 6) is 6.54. The van der Waals surface area contributed by atoms with Crippen LogP contribution in [0.5, 0.6) is 5.75 Å². The summed E-state index contributed by atoms with van der Waals surface area (Å²) in [5.41, 5.74) is 2.20. The first-order chi connectivity index (χ1) is 11.3. The molecule has 0 amide bonds. The summed E-state index contributed by atoms with van der Waals surface area (Å²) in [6.07, 6.45) is 3.51. The zero-order valence-corrected chi connectivity index (χ0v) is 14.0. The molecule has 0 bridgehead atoms. The Morgan fingerprint density at radius 3 is 2.52 bits per heavy atom. The maximum atomic E-state index is 10.9. The van der Waals surface area contributed by atoms with Crippen LogP contribution in [0.4, 0.5) is 0 Å². The summed E-state index contributed by atoms with van der Waals surface area (Å²) in [7, 11) is 1.51. The molecule has 0 N–H and O–H groups in total. The van der Waals surface area contributed by atoms with Gasteiger partial charge in [0.05, 0.1) is 7.11 Å². The molecule has 1 aromatic carbocycles. The molecule has 2 rings (SSSR count). The molecular weight excluding hydrogens is 286 g/mol. The predicted octanol–water partition coefficient (Wildman–Crippen LogP) is 4.30. The molecule has 0 aliphatic carbocycles. The van der Waals surface area contributed by atoms with E-state index in [1.807, 2.05) is 32.0 Å². The van der Waals surface area contributed by atoms with E-state index in [1.54, 1.807) is 12.1 Å². The highest BCUT2D eigenvalue weighted by atomic mass is 16.5. The van der Waals surface area contributed by atoms with Gasteiger partial charge in [0.2, 0.25) is 0 Å². The van der Waals surface area contributed by atoms with Gasteiger partial charge >= 0.3 is 0 Å². The number of benzene rings is 1. The monoisotopic (exact) mass is 309 g/mol. The van der Waals surface area contributed by atoms with Crippen molar-refractivity contribution in [3.63, 3.8) is 0 Å². The summed E-state index contributed by atoms with van der Waals surface area (Å²) in [4.78, 5) is 15.0. The van der Waals surface area contributed by atoms with E-state index in [1.165, 1.54) is 12.7 Å². The Hall–Kier alpha value is -2.60. The smallest absolute Gasteiger partial charge is 0.172 e. The summed E-state index contributed by atoms with van der Waals surface area (Å²) in [6.45, 7) is 4.00. The molecule has 3 nitrogen and oxygen atoms in total. The quantitative estimate of drug-likeness (QED) is 0.469. The summed E-state index contributed by atoms with van der Waals surface area (Å²) in [6, 6.07) is 13.8. The lowest BCUT2D eigenvalue weighted by molar-refractivity contribution is 0.111. The fourth-order valence-electron chi connectivity index (χ4n) is 1.97. The number of aromatic nitrogens is 1. The fraction of sp³-hybridized carbons (Fsp3) is 0.300. The minimum atomic E-state index is 0.286. The van der Waals surface area contributed by atoms with Gasteiger partial charge in [-0.3, -0.25) is 4.79 Å². The second kappa shape index (κ2) is 11.0. The Balaban J connectivity index is 0.00000127. The predicted molar refractivity (Wildman–Crippen MR) is 93.8 cm³/mol. The highest BCUT2D eigenvalue weighted by Gasteiger charge is 2.03. The van der Waals surface area contributed by atoms with E-state index < -0.39 is 0 Å². The van der Waals surface area contributed by atoms with Gasteiger partial charge in [0.1, 0.15) is 17.1 Å². The molecule has 0 saturated heterocycles. The Labute approximate surface area is 138 Å². The van der Waals surface area contributed by atoms with E-state index in [-0.39, 0.29) is 5.69 Å². The van der Waals surface area contributed by atoms with E-state index in [0.717, 1.165) is 19.3 Å². The van der Waals surface area contributed by atoms with Crippen molar-refractivity contribution in [1.82, 2.24) is 4.98 Å². The summed E-state index contributed by atoms with van der Waals surface area (Å²) < 4.78 is 5.04. The van der Waals surface area contributed by atoms with Crippen LogP contribution in [-0.4, -0.2) is 18.4 Å². The fourth-order valence-corrected chi connectivity index (χ4v) is 1.97. The van der Waals surface area contributed by atoms with Gasteiger partial charge in [-0.1, -0.05) is 50.1 Å². The molecule has 23 heavy (non-hydrogen) atoms. The van der Waals surface area contributed by atoms with Crippen molar-refractivity contribution in [3.05, 3.63) is 59.4 Å². The number of ether oxygens (including phenoxy) is 1. The molecule has 0 radical (unpaired) electrons. The van der Waals surface area contributed by atoms with E-state index >= 15 is 0 Å². The first-order valence-corrected chi connectivity index (χ1v) is 7.86.